The molecule has 0 amide bonds. The molecule has 1 aliphatic rings. The van der Waals surface area contributed by atoms with Crippen molar-refractivity contribution < 1.29 is 9.53 Å². The highest BCUT2D eigenvalue weighted by Crippen LogP contribution is 2.33. The number of ketones is 1. The van der Waals surface area contributed by atoms with E-state index in [1.54, 1.807) is 25.3 Å². The van der Waals surface area contributed by atoms with Gasteiger partial charge in [0.2, 0.25) is 0 Å². The third kappa shape index (κ3) is 1.69. The van der Waals surface area contributed by atoms with Gasteiger partial charge in [-0.1, -0.05) is 12.5 Å². The maximum absolute atomic E-state index is 12.0. The second kappa shape index (κ2) is 3.93. The topological polar surface area (TPSA) is 52.3 Å². The van der Waals surface area contributed by atoms with Crippen molar-refractivity contribution in [2.75, 3.05) is 12.8 Å². The zero-order valence-electron chi connectivity index (χ0n) is 8.82. The normalized spacial score (nSPS) is 15.8. The number of anilines is 1. The Kier molecular flexibility index (Phi) is 2.62. The van der Waals surface area contributed by atoms with E-state index in [0.717, 1.165) is 19.3 Å². The molecule has 0 saturated heterocycles. The van der Waals surface area contributed by atoms with E-state index in [2.05, 4.69) is 0 Å². The van der Waals surface area contributed by atoms with Gasteiger partial charge in [0.15, 0.2) is 5.78 Å². The fraction of sp³-hybridized carbons (Fsp3) is 0.417. The van der Waals surface area contributed by atoms with E-state index in [4.69, 9.17) is 10.5 Å². The van der Waals surface area contributed by atoms with Crippen LogP contribution in [-0.2, 0) is 0 Å². The van der Waals surface area contributed by atoms with Crippen molar-refractivity contribution >= 4 is 11.5 Å². The Bertz CT molecular complexity index is 383. The number of hydrogen-bond acceptors (Lipinski definition) is 3. The van der Waals surface area contributed by atoms with E-state index in [1.165, 1.54) is 0 Å². The maximum Gasteiger partial charge on any atom is 0.168 e. The lowest BCUT2D eigenvalue weighted by Gasteiger charge is -2.24. The average molecular weight is 205 g/mol. The Morgan fingerprint density at radius 3 is 2.73 bits per heavy atom. The number of rotatable bonds is 3. The van der Waals surface area contributed by atoms with Crippen LogP contribution in [0.1, 0.15) is 29.6 Å². The molecule has 0 atom stereocenters. The number of para-hydroxylation sites is 1. The largest absolute Gasteiger partial charge is 0.495 e. The molecule has 1 fully saturated rings. The number of hydrogen-bond donors (Lipinski definition) is 1. The molecule has 80 valence electrons. The van der Waals surface area contributed by atoms with Gasteiger partial charge >= 0.3 is 0 Å². The molecule has 15 heavy (non-hydrogen) atoms. The first kappa shape index (κ1) is 10.0. The summed E-state index contributed by atoms with van der Waals surface area (Å²) in [6, 6.07) is 5.35. The molecule has 1 saturated carbocycles. The monoisotopic (exact) mass is 205 g/mol. The summed E-state index contributed by atoms with van der Waals surface area (Å²) in [6.07, 6.45) is 3.14. The first-order valence-electron chi connectivity index (χ1n) is 5.20. The van der Waals surface area contributed by atoms with Gasteiger partial charge in [0.1, 0.15) is 5.75 Å². The van der Waals surface area contributed by atoms with E-state index in [0.29, 0.717) is 17.0 Å². The van der Waals surface area contributed by atoms with Crippen molar-refractivity contribution in [3.05, 3.63) is 23.8 Å². The van der Waals surface area contributed by atoms with Crippen LogP contribution in [0.2, 0.25) is 0 Å². The van der Waals surface area contributed by atoms with Gasteiger partial charge < -0.3 is 10.5 Å². The van der Waals surface area contributed by atoms with E-state index in [9.17, 15) is 4.79 Å². The van der Waals surface area contributed by atoms with Gasteiger partial charge in [-0.3, -0.25) is 4.79 Å². The summed E-state index contributed by atoms with van der Waals surface area (Å²) in [7, 11) is 1.56. The van der Waals surface area contributed by atoms with Crippen LogP contribution in [0, 0.1) is 5.92 Å². The molecular weight excluding hydrogens is 190 g/mol. The molecule has 0 radical (unpaired) electrons. The lowest BCUT2D eigenvalue weighted by atomic mass is 9.79. The third-order valence-corrected chi connectivity index (χ3v) is 3.03. The van der Waals surface area contributed by atoms with Crippen molar-refractivity contribution in [1.82, 2.24) is 0 Å². The Hall–Kier alpha value is -1.51. The SMILES string of the molecule is COc1cccc(C(=O)C2CCC2)c1N. The van der Waals surface area contributed by atoms with Gasteiger partial charge in [0.05, 0.1) is 12.8 Å². The molecule has 0 unspecified atom stereocenters. The van der Waals surface area contributed by atoms with Crippen LogP contribution in [0.15, 0.2) is 18.2 Å². The van der Waals surface area contributed by atoms with E-state index >= 15 is 0 Å². The Labute approximate surface area is 89.2 Å². The molecule has 1 aliphatic carbocycles. The zero-order chi connectivity index (χ0) is 10.8. The first-order chi connectivity index (χ1) is 7.24. The number of nitrogen functional groups attached to an aromatic ring is 1. The number of methoxy groups -OCH3 is 1. The smallest absolute Gasteiger partial charge is 0.168 e. The molecule has 2 N–H and O–H groups in total. The minimum atomic E-state index is 0.164. The molecule has 0 spiro atoms. The van der Waals surface area contributed by atoms with E-state index in [1.807, 2.05) is 0 Å². The fourth-order valence-electron chi connectivity index (χ4n) is 1.83. The van der Waals surface area contributed by atoms with Gasteiger partial charge in [-0.2, -0.15) is 0 Å². The predicted molar refractivity (Wildman–Crippen MR) is 59.1 cm³/mol. The van der Waals surface area contributed by atoms with Crippen molar-refractivity contribution in [3.63, 3.8) is 0 Å². The summed E-state index contributed by atoms with van der Waals surface area (Å²) in [4.78, 5) is 12.0. The number of nitrogens with two attached hydrogens (primary N) is 1. The number of carbonyl (C=O) groups is 1. The van der Waals surface area contributed by atoms with Gasteiger partial charge in [-0.25, -0.2) is 0 Å². The lowest BCUT2D eigenvalue weighted by Crippen LogP contribution is -2.22. The number of carbonyl (C=O) groups excluding carboxylic acids is 1. The molecule has 0 aromatic heterocycles. The summed E-state index contributed by atoms with van der Waals surface area (Å²) >= 11 is 0. The van der Waals surface area contributed by atoms with Crippen LogP contribution in [-0.4, -0.2) is 12.9 Å². The summed E-state index contributed by atoms with van der Waals surface area (Å²) in [5.41, 5.74) is 6.95. The van der Waals surface area contributed by atoms with Crippen molar-refractivity contribution in [1.29, 1.82) is 0 Å². The predicted octanol–water partition coefficient (Wildman–Crippen LogP) is 2.26. The Morgan fingerprint density at radius 1 is 1.47 bits per heavy atom. The highest BCUT2D eigenvalue weighted by atomic mass is 16.5. The van der Waals surface area contributed by atoms with Crippen LogP contribution in [0.4, 0.5) is 5.69 Å². The van der Waals surface area contributed by atoms with Crippen LogP contribution >= 0.6 is 0 Å². The highest BCUT2D eigenvalue weighted by molar-refractivity contribution is 6.03. The molecule has 0 bridgehead atoms. The van der Waals surface area contributed by atoms with E-state index < -0.39 is 0 Å². The number of Topliss-reactive ketones (excluding diaryl/α,β-unsaturated/α-hetero) is 1. The summed E-state index contributed by atoms with van der Waals surface area (Å²) in [5, 5.41) is 0. The fourth-order valence-corrected chi connectivity index (χ4v) is 1.83. The number of benzene rings is 1. The van der Waals surface area contributed by atoms with Gasteiger partial charge in [-0.05, 0) is 25.0 Å². The van der Waals surface area contributed by atoms with Crippen molar-refractivity contribution in [3.8, 4) is 5.75 Å². The minimum absolute atomic E-state index is 0.164. The van der Waals surface area contributed by atoms with Crippen LogP contribution in [0.5, 0.6) is 5.75 Å². The lowest BCUT2D eigenvalue weighted by molar-refractivity contribution is 0.0856. The zero-order valence-corrected chi connectivity index (χ0v) is 8.82. The minimum Gasteiger partial charge on any atom is -0.495 e. The quantitative estimate of drug-likeness (QED) is 0.608. The first-order valence-corrected chi connectivity index (χ1v) is 5.20. The molecule has 3 nitrogen and oxygen atoms in total. The molecule has 3 heteroatoms. The van der Waals surface area contributed by atoms with Crippen molar-refractivity contribution in [2.45, 2.75) is 19.3 Å². The van der Waals surface area contributed by atoms with Crippen molar-refractivity contribution in [2.24, 2.45) is 5.92 Å². The Balaban J connectivity index is 2.30. The van der Waals surface area contributed by atoms with Crippen LogP contribution < -0.4 is 10.5 Å². The third-order valence-electron chi connectivity index (χ3n) is 3.03. The Morgan fingerprint density at radius 2 is 2.20 bits per heavy atom. The van der Waals surface area contributed by atoms with Crippen LogP contribution in [0.25, 0.3) is 0 Å². The molecular formula is C12H15NO2. The van der Waals surface area contributed by atoms with E-state index in [-0.39, 0.29) is 11.7 Å². The molecule has 0 aliphatic heterocycles. The van der Waals surface area contributed by atoms with Gasteiger partial charge in [0, 0.05) is 11.5 Å². The second-order valence-electron chi connectivity index (χ2n) is 3.91. The maximum atomic E-state index is 12.0. The summed E-state index contributed by atoms with van der Waals surface area (Å²) < 4.78 is 5.09. The number of ether oxygens (including phenoxy) is 1. The molecule has 1 aromatic carbocycles. The summed E-state index contributed by atoms with van der Waals surface area (Å²) in [6.45, 7) is 0. The van der Waals surface area contributed by atoms with Gasteiger partial charge in [0.25, 0.3) is 0 Å². The highest BCUT2D eigenvalue weighted by Gasteiger charge is 2.27. The van der Waals surface area contributed by atoms with Gasteiger partial charge in [-0.15, -0.1) is 0 Å². The average Bonchev–Trinajstić information content (AvgIpc) is 2.15. The standard InChI is InChI=1S/C12H15NO2/c1-15-10-7-3-6-9(11(10)13)12(14)8-4-2-5-8/h3,6-8H,2,4-5,13H2,1H3. The molecule has 0 heterocycles. The molecule has 2 rings (SSSR count). The summed E-state index contributed by atoms with van der Waals surface area (Å²) in [5.74, 6) is 0.928. The second-order valence-corrected chi connectivity index (χ2v) is 3.91. The molecule has 1 aromatic rings. The van der Waals surface area contributed by atoms with Crippen LogP contribution in [0.3, 0.4) is 0 Å².